The quantitative estimate of drug-likeness (QED) is 0.480. The molecule has 0 unspecified atom stereocenters. The molecule has 0 bridgehead atoms. The van der Waals surface area contributed by atoms with Crippen LogP contribution in [0.3, 0.4) is 0 Å². The molecule has 0 saturated heterocycles. The maximum Gasteiger partial charge on any atom is 0.232 e. The molecule has 17 heavy (non-hydrogen) atoms. The molecule has 0 radical (unpaired) electrons. The van der Waals surface area contributed by atoms with Gasteiger partial charge < -0.3 is 0 Å². The topological polar surface area (TPSA) is 59.1 Å². The van der Waals surface area contributed by atoms with E-state index in [1.807, 2.05) is 0 Å². The Morgan fingerprint density at radius 2 is 2.12 bits per heavy atom. The largest absolute Gasteiger partial charge is 0.282 e. The highest BCUT2D eigenvalue weighted by molar-refractivity contribution is 9.10. The van der Waals surface area contributed by atoms with E-state index in [1.165, 1.54) is 6.20 Å². The van der Waals surface area contributed by atoms with Gasteiger partial charge in [0.15, 0.2) is 0 Å². The lowest BCUT2D eigenvalue weighted by atomic mass is 10.4. The van der Waals surface area contributed by atoms with Gasteiger partial charge in [-0.05, 0) is 34.8 Å². The van der Waals surface area contributed by atoms with Gasteiger partial charge >= 0.3 is 0 Å². The van der Waals surface area contributed by atoms with Gasteiger partial charge in [0.05, 0.1) is 22.1 Å². The normalized spacial score (nSPS) is 11.5. The Morgan fingerprint density at radius 1 is 1.41 bits per heavy atom. The summed E-state index contributed by atoms with van der Waals surface area (Å²) < 4.78 is 26.2. The summed E-state index contributed by atoms with van der Waals surface area (Å²) in [6, 6.07) is 1.56. The summed E-state index contributed by atoms with van der Waals surface area (Å²) >= 11 is 14.4. The van der Waals surface area contributed by atoms with Crippen LogP contribution in [0.25, 0.3) is 0 Å². The van der Waals surface area contributed by atoms with Crippen molar-refractivity contribution in [1.82, 2.24) is 4.98 Å². The predicted molar refractivity (Wildman–Crippen MR) is 74.3 cm³/mol. The first-order valence-corrected chi connectivity index (χ1v) is 8.18. The first kappa shape index (κ1) is 15.0. The summed E-state index contributed by atoms with van der Waals surface area (Å²) in [5.74, 6) is 0.504. The molecule has 8 heteroatoms. The fraction of sp³-hybridized carbons (Fsp3) is 0.444. The first-order chi connectivity index (χ1) is 7.94. The second-order valence-corrected chi connectivity index (χ2v) is 6.75. The third kappa shape index (κ3) is 5.42. The standard InChI is InChI=1S/C9H11BrCl2N2O2S/c10-8-5-7(6-13-9(8)12)14-17(15,16)4-2-1-3-11/h5-6,14H,1-4H2. The number of hydrogen-bond donors (Lipinski definition) is 1. The van der Waals surface area contributed by atoms with Crippen LogP contribution in [0.2, 0.25) is 5.15 Å². The van der Waals surface area contributed by atoms with Crippen LogP contribution in [0, 0.1) is 0 Å². The zero-order valence-electron chi connectivity index (χ0n) is 8.79. The highest BCUT2D eigenvalue weighted by Crippen LogP contribution is 2.23. The summed E-state index contributed by atoms with van der Waals surface area (Å²) in [5, 5.41) is 0.287. The number of hydrogen-bond acceptors (Lipinski definition) is 3. The maximum absolute atomic E-state index is 11.6. The van der Waals surface area contributed by atoms with Gasteiger partial charge in [0.1, 0.15) is 5.15 Å². The second kappa shape index (κ2) is 6.78. The number of alkyl halides is 1. The lowest BCUT2D eigenvalue weighted by Gasteiger charge is -2.07. The fourth-order valence-electron chi connectivity index (χ4n) is 1.09. The number of aromatic nitrogens is 1. The zero-order chi connectivity index (χ0) is 12.9. The van der Waals surface area contributed by atoms with Crippen LogP contribution >= 0.6 is 39.1 Å². The van der Waals surface area contributed by atoms with Gasteiger partial charge in [-0.1, -0.05) is 11.6 Å². The van der Waals surface area contributed by atoms with Gasteiger partial charge in [-0.2, -0.15) is 0 Å². The number of nitrogens with one attached hydrogen (secondary N) is 1. The molecule has 0 aliphatic rings. The van der Waals surface area contributed by atoms with Gasteiger partial charge in [-0.3, -0.25) is 4.72 Å². The molecule has 96 valence electrons. The summed E-state index contributed by atoms with van der Waals surface area (Å²) in [6.45, 7) is 0. The lowest BCUT2D eigenvalue weighted by Crippen LogP contribution is -2.16. The number of anilines is 1. The van der Waals surface area contributed by atoms with E-state index in [0.717, 1.165) is 0 Å². The Kier molecular flexibility index (Phi) is 5.99. The van der Waals surface area contributed by atoms with Crippen LogP contribution in [0.15, 0.2) is 16.7 Å². The van der Waals surface area contributed by atoms with Crippen LogP contribution in [-0.4, -0.2) is 25.0 Å². The fourth-order valence-corrected chi connectivity index (χ4v) is 2.89. The molecule has 0 aliphatic heterocycles. The molecule has 0 spiro atoms. The first-order valence-electron chi connectivity index (χ1n) is 4.82. The molecule has 1 N–H and O–H groups in total. The van der Waals surface area contributed by atoms with E-state index < -0.39 is 10.0 Å². The number of nitrogens with zero attached hydrogens (tertiary/aromatic N) is 1. The molecule has 1 aromatic heterocycles. The minimum absolute atomic E-state index is 0.0416. The Bertz CT molecular complexity index is 482. The summed E-state index contributed by atoms with van der Waals surface area (Å²) in [7, 11) is -3.35. The zero-order valence-corrected chi connectivity index (χ0v) is 12.7. The highest BCUT2D eigenvalue weighted by atomic mass is 79.9. The number of rotatable bonds is 6. The van der Waals surface area contributed by atoms with E-state index in [4.69, 9.17) is 23.2 Å². The Hall–Kier alpha value is -0.0400. The molecule has 0 fully saturated rings. The molecular formula is C9H11BrCl2N2O2S. The highest BCUT2D eigenvalue weighted by Gasteiger charge is 2.11. The number of unbranched alkanes of at least 4 members (excludes halogenated alkanes) is 1. The maximum atomic E-state index is 11.6. The predicted octanol–water partition coefficient (Wildman–Crippen LogP) is 3.26. The van der Waals surface area contributed by atoms with E-state index >= 15 is 0 Å². The minimum atomic E-state index is -3.35. The smallest absolute Gasteiger partial charge is 0.232 e. The van der Waals surface area contributed by atoms with Crippen molar-refractivity contribution in [2.45, 2.75) is 12.8 Å². The van der Waals surface area contributed by atoms with Crippen LogP contribution in [-0.2, 0) is 10.0 Å². The molecule has 0 aromatic carbocycles. The van der Waals surface area contributed by atoms with Crippen molar-refractivity contribution in [2.75, 3.05) is 16.4 Å². The second-order valence-electron chi connectivity index (χ2n) is 3.31. The van der Waals surface area contributed by atoms with Crippen molar-refractivity contribution >= 4 is 54.8 Å². The average molecular weight is 362 g/mol. The molecule has 1 rings (SSSR count). The van der Waals surface area contributed by atoms with E-state index in [1.54, 1.807) is 6.07 Å². The van der Waals surface area contributed by atoms with Crippen molar-refractivity contribution in [3.05, 3.63) is 21.9 Å². The van der Waals surface area contributed by atoms with Crippen molar-refractivity contribution in [3.8, 4) is 0 Å². The SMILES string of the molecule is O=S(=O)(CCCCCl)Nc1cnc(Cl)c(Br)c1. The molecule has 0 amide bonds. The van der Waals surface area contributed by atoms with Crippen LogP contribution in [0.4, 0.5) is 5.69 Å². The minimum Gasteiger partial charge on any atom is -0.282 e. The van der Waals surface area contributed by atoms with Crippen LogP contribution in [0.1, 0.15) is 12.8 Å². The van der Waals surface area contributed by atoms with Gasteiger partial charge in [0.2, 0.25) is 10.0 Å². The van der Waals surface area contributed by atoms with Crippen LogP contribution < -0.4 is 4.72 Å². The molecular weight excluding hydrogens is 351 g/mol. The van der Waals surface area contributed by atoms with Crippen LogP contribution in [0.5, 0.6) is 0 Å². The van der Waals surface area contributed by atoms with E-state index in [0.29, 0.717) is 28.9 Å². The van der Waals surface area contributed by atoms with Gasteiger partial charge in [0, 0.05) is 5.88 Å². The van der Waals surface area contributed by atoms with Crippen molar-refractivity contribution in [1.29, 1.82) is 0 Å². The average Bonchev–Trinajstić information content (AvgIpc) is 2.23. The molecule has 0 atom stereocenters. The Morgan fingerprint density at radius 3 is 2.71 bits per heavy atom. The van der Waals surface area contributed by atoms with E-state index in [9.17, 15) is 8.42 Å². The lowest BCUT2D eigenvalue weighted by molar-refractivity contribution is 0.598. The number of sulfonamides is 1. The summed E-state index contributed by atoms with van der Waals surface area (Å²) in [4.78, 5) is 3.83. The van der Waals surface area contributed by atoms with Gasteiger partial charge in [0.25, 0.3) is 0 Å². The van der Waals surface area contributed by atoms with Crippen molar-refractivity contribution in [3.63, 3.8) is 0 Å². The summed E-state index contributed by atoms with van der Waals surface area (Å²) in [5.41, 5.74) is 0.382. The van der Waals surface area contributed by atoms with Crippen molar-refractivity contribution < 1.29 is 8.42 Å². The summed E-state index contributed by atoms with van der Waals surface area (Å²) in [6.07, 6.45) is 2.57. The number of pyridine rings is 1. The molecule has 0 saturated carbocycles. The van der Waals surface area contributed by atoms with Gasteiger partial charge in [-0.15, -0.1) is 11.6 Å². The van der Waals surface area contributed by atoms with E-state index in [2.05, 4.69) is 25.6 Å². The molecule has 4 nitrogen and oxygen atoms in total. The van der Waals surface area contributed by atoms with Crippen molar-refractivity contribution in [2.24, 2.45) is 0 Å². The van der Waals surface area contributed by atoms with Gasteiger partial charge in [-0.25, -0.2) is 13.4 Å². The monoisotopic (exact) mass is 360 g/mol. The molecule has 1 aromatic rings. The molecule has 0 aliphatic carbocycles. The Balaban J connectivity index is 2.66. The number of halogens is 3. The Labute approximate surface area is 119 Å². The third-order valence-corrected chi connectivity index (χ3v) is 4.64. The third-order valence-electron chi connectivity index (χ3n) is 1.87. The molecule has 1 heterocycles. The van der Waals surface area contributed by atoms with E-state index in [-0.39, 0.29) is 10.9 Å².